The number of hydrogen-bond acceptors (Lipinski definition) is 1. The number of rotatable bonds is 1. The summed E-state index contributed by atoms with van der Waals surface area (Å²) in [4.78, 5) is 14.8. The molecule has 2 nitrogen and oxygen atoms in total. The predicted molar refractivity (Wildman–Crippen MR) is 75.6 cm³/mol. The summed E-state index contributed by atoms with van der Waals surface area (Å²) in [6.45, 7) is 0. The highest BCUT2D eigenvalue weighted by Crippen LogP contribution is 2.36. The van der Waals surface area contributed by atoms with E-state index in [0.717, 1.165) is 0 Å². The van der Waals surface area contributed by atoms with Gasteiger partial charge in [0.1, 0.15) is 0 Å². The highest BCUT2D eigenvalue weighted by atomic mass is 79.9. The van der Waals surface area contributed by atoms with Crippen LogP contribution in [0.1, 0.15) is 10.4 Å². The maximum atomic E-state index is 11.9. The molecule has 0 amide bonds. The first kappa shape index (κ1) is 13.5. The highest BCUT2D eigenvalue weighted by Gasteiger charge is 2.33. The molecule has 1 aromatic heterocycles. The van der Waals surface area contributed by atoms with Gasteiger partial charge in [-0.25, -0.2) is 0 Å². The number of carbonyl (C=O) groups excluding carboxylic acids is 1. The van der Waals surface area contributed by atoms with Crippen molar-refractivity contribution in [2.24, 2.45) is 0 Å². The number of ketones is 1. The summed E-state index contributed by atoms with van der Waals surface area (Å²) in [5.74, 6) is -0.586. The number of aromatic amines is 1. The normalized spacial score (nSPS) is 12.1. The van der Waals surface area contributed by atoms with Crippen molar-refractivity contribution >= 4 is 79.0 Å². The molecule has 90 valence electrons. The second kappa shape index (κ2) is 4.63. The van der Waals surface area contributed by atoms with Crippen LogP contribution in [0.5, 0.6) is 0 Å². The fourth-order valence-electron chi connectivity index (χ4n) is 1.52. The Hall–Kier alpha value is 0.0700. The molecule has 0 fully saturated rings. The molecule has 0 aliphatic rings. The van der Waals surface area contributed by atoms with Crippen LogP contribution in [-0.2, 0) is 0 Å². The lowest BCUT2D eigenvalue weighted by Gasteiger charge is -2.08. The summed E-state index contributed by atoms with van der Waals surface area (Å²) in [7, 11) is 0. The van der Waals surface area contributed by atoms with Crippen molar-refractivity contribution in [1.29, 1.82) is 0 Å². The lowest BCUT2D eigenvalue weighted by atomic mass is 10.1. The van der Waals surface area contributed by atoms with Crippen molar-refractivity contribution in [2.45, 2.75) is 3.79 Å². The van der Waals surface area contributed by atoms with Gasteiger partial charge in [0.25, 0.3) is 3.79 Å². The van der Waals surface area contributed by atoms with Gasteiger partial charge in [0.2, 0.25) is 5.78 Å². The predicted octanol–water partition coefficient (Wildman–Crippen LogP) is 5.14. The number of halogens is 5. The average molecular weight is 376 g/mol. The van der Waals surface area contributed by atoms with Crippen molar-refractivity contribution < 1.29 is 4.79 Å². The molecule has 0 unspecified atom stereocenters. The van der Waals surface area contributed by atoms with E-state index in [0.29, 0.717) is 26.0 Å². The second-order valence-corrected chi connectivity index (χ2v) is 6.91. The van der Waals surface area contributed by atoms with Gasteiger partial charge in [-0.3, -0.25) is 4.79 Å². The van der Waals surface area contributed by atoms with E-state index in [1.54, 1.807) is 12.1 Å². The zero-order valence-corrected chi connectivity index (χ0v) is 12.6. The van der Waals surface area contributed by atoms with E-state index >= 15 is 0 Å². The molecule has 2 rings (SSSR count). The monoisotopic (exact) mass is 373 g/mol. The number of Topliss-reactive ketones (excluding diaryl/α,β-unsaturated/α-hetero) is 1. The van der Waals surface area contributed by atoms with Crippen LogP contribution in [-0.4, -0.2) is 14.6 Å². The van der Waals surface area contributed by atoms with Crippen LogP contribution < -0.4 is 0 Å². The molecule has 1 heterocycles. The van der Waals surface area contributed by atoms with E-state index in [4.69, 9.17) is 46.4 Å². The van der Waals surface area contributed by atoms with Crippen LogP contribution >= 0.6 is 62.3 Å². The molecule has 0 spiro atoms. The molecule has 0 saturated heterocycles. The van der Waals surface area contributed by atoms with Crippen LogP contribution in [0.3, 0.4) is 0 Å². The number of benzene rings is 1. The average Bonchev–Trinajstić information content (AvgIpc) is 2.58. The Morgan fingerprint density at radius 1 is 1.29 bits per heavy atom. The fraction of sp³-hybridized carbons (Fsp3) is 0.100. The SMILES string of the molecule is O=C(c1c[nH]c2cc(Cl)cc(Br)c12)C(Cl)(Cl)Cl. The third kappa shape index (κ3) is 2.59. The van der Waals surface area contributed by atoms with Crippen molar-refractivity contribution in [2.75, 3.05) is 0 Å². The third-order valence-electron chi connectivity index (χ3n) is 2.20. The van der Waals surface area contributed by atoms with Gasteiger partial charge < -0.3 is 4.98 Å². The van der Waals surface area contributed by atoms with Gasteiger partial charge in [-0.1, -0.05) is 62.3 Å². The molecule has 7 heteroatoms. The molecule has 0 aliphatic carbocycles. The summed E-state index contributed by atoms with van der Waals surface area (Å²) in [6, 6.07) is 3.36. The maximum Gasteiger partial charge on any atom is 0.253 e. The van der Waals surface area contributed by atoms with Gasteiger partial charge in [0.15, 0.2) is 0 Å². The number of alkyl halides is 3. The molecular formula is C10H4BrCl4NO. The number of H-pyrrole nitrogens is 1. The standard InChI is InChI=1S/C10H4BrCl4NO/c11-6-1-4(12)2-7-8(6)5(3-16-7)9(17)10(13,14)15/h1-3,16H. The lowest BCUT2D eigenvalue weighted by molar-refractivity contribution is 0.0998. The zero-order chi connectivity index (χ0) is 12.8. The van der Waals surface area contributed by atoms with E-state index in [1.807, 2.05) is 0 Å². The van der Waals surface area contributed by atoms with Crippen molar-refractivity contribution in [3.8, 4) is 0 Å². The van der Waals surface area contributed by atoms with Crippen molar-refractivity contribution in [3.05, 3.63) is 33.4 Å². The van der Waals surface area contributed by atoms with Gasteiger partial charge in [-0.15, -0.1) is 0 Å². The first-order chi connectivity index (χ1) is 7.80. The Morgan fingerprint density at radius 2 is 1.94 bits per heavy atom. The van der Waals surface area contributed by atoms with E-state index < -0.39 is 9.58 Å². The number of aromatic nitrogens is 1. The van der Waals surface area contributed by atoms with Crippen molar-refractivity contribution in [3.63, 3.8) is 0 Å². The van der Waals surface area contributed by atoms with E-state index in [2.05, 4.69) is 20.9 Å². The Labute approximate surface area is 125 Å². The van der Waals surface area contributed by atoms with Gasteiger partial charge in [0.05, 0.1) is 0 Å². The fourth-order valence-corrected chi connectivity index (χ4v) is 2.84. The molecule has 0 bridgehead atoms. The minimum Gasteiger partial charge on any atom is -0.360 e. The maximum absolute atomic E-state index is 11.9. The number of nitrogens with one attached hydrogen (secondary N) is 1. The number of fused-ring (bicyclic) bond motifs is 1. The smallest absolute Gasteiger partial charge is 0.253 e. The Kier molecular flexibility index (Phi) is 3.68. The molecule has 2 aromatic rings. The minimum absolute atomic E-state index is 0.309. The molecule has 1 aromatic carbocycles. The molecule has 17 heavy (non-hydrogen) atoms. The highest BCUT2D eigenvalue weighted by molar-refractivity contribution is 9.10. The van der Waals surface area contributed by atoms with Gasteiger partial charge in [-0.2, -0.15) is 0 Å². The van der Waals surface area contributed by atoms with E-state index in [1.165, 1.54) is 6.20 Å². The summed E-state index contributed by atoms with van der Waals surface area (Å²) < 4.78 is -1.31. The number of hydrogen-bond donors (Lipinski definition) is 1. The van der Waals surface area contributed by atoms with Crippen LogP contribution in [0.2, 0.25) is 5.02 Å². The Bertz CT molecular complexity index is 602. The third-order valence-corrected chi connectivity index (χ3v) is 3.56. The topological polar surface area (TPSA) is 32.9 Å². The largest absolute Gasteiger partial charge is 0.360 e. The second-order valence-electron chi connectivity index (χ2n) is 3.34. The summed E-state index contributed by atoms with van der Waals surface area (Å²) in [5, 5.41) is 1.19. The molecule has 1 N–H and O–H groups in total. The van der Waals surface area contributed by atoms with Crippen molar-refractivity contribution in [1.82, 2.24) is 4.98 Å². The van der Waals surface area contributed by atoms with Gasteiger partial charge in [-0.05, 0) is 12.1 Å². The van der Waals surface area contributed by atoms with E-state index in [9.17, 15) is 4.79 Å². The first-order valence-electron chi connectivity index (χ1n) is 4.38. The molecule has 0 saturated carbocycles. The van der Waals surface area contributed by atoms with Crippen LogP contribution in [0.4, 0.5) is 0 Å². The molecular weight excluding hydrogens is 372 g/mol. The molecule has 0 aliphatic heterocycles. The van der Waals surface area contributed by atoms with Crippen LogP contribution in [0.15, 0.2) is 22.8 Å². The molecule has 0 atom stereocenters. The van der Waals surface area contributed by atoms with E-state index in [-0.39, 0.29) is 0 Å². The Morgan fingerprint density at radius 3 is 2.53 bits per heavy atom. The zero-order valence-electron chi connectivity index (χ0n) is 8.03. The van der Waals surface area contributed by atoms with Crippen LogP contribution in [0, 0.1) is 0 Å². The molecule has 0 radical (unpaired) electrons. The summed E-state index contributed by atoms with van der Waals surface area (Å²) in [5.41, 5.74) is 1.01. The lowest BCUT2D eigenvalue weighted by Crippen LogP contribution is -2.18. The quantitative estimate of drug-likeness (QED) is 0.543. The van der Waals surface area contributed by atoms with Gasteiger partial charge >= 0.3 is 0 Å². The summed E-state index contributed by atoms with van der Waals surface area (Å²) >= 11 is 26.0. The summed E-state index contributed by atoms with van der Waals surface area (Å²) in [6.07, 6.45) is 1.50. The Balaban J connectivity index is 2.69. The van der Waals surface area contributed by atoms with Gasteiger partial charge in [0, 0.05) is 32.2 Å². The van der Waals surface area contributed by atoms with Crippen LogP contribution in [0.25, 0.3) is 10.9 Å². The first-order valence-corrected chi connectivity index (χ1v) is 6.69. The minimum atomic E-state index is -1.98. The number of carbonyl (C=O) groups is 1.